The van der Waals surface area contributed by atoms with Crippen LogP contribution in [0.2, 0.25) is 0 Å². The molecular weight excluding hydrogens is 374 g/mol. The zero-order chi connectivity index (χ0) is 19.4. The molecule has 2 aromatic carbocycles. The Morgan fingerprint density at radius 3 is 2.46 bits per heavy atom. The lowest BCUT2D eigenvalue weighted by Crippen LogP contribution is -2.59. The fraction of sp³-hybridized carbons (Fsp3) is 0.429. The highest BCUT2D eigenvalue weighted by molar-refractivity contribution is 7.99. The first kappa shape index (κ1) is 19.7. The molecule has 6 nitrogen and oxygen atoms in total. The molecule has 1 fully saturated rings. The molecule has 0 bridgehead atoms. The Balaban J connectivity index is 1.52. The standard InChI is InChI=1S/C21H27N3O3S/c25-14-16-27-15-13-23-9-11-24(12-10-23)21(26)17-5-1-3-7-19(17)28-20-8-4-2-6-18(20)22-21/h1-8,22,25-26H,9-16H2/t21-/m0/s1. The van der Waals surface area contributed by atoms with Gasteiger partial charge in [0.2, 0.25) is 5.85 Å². The average molecular weight is 402 g/mol. The SMILES string of the molecule is OCCOCCN1CCN([C@@]2(O)Nc3ccccc3Sc3ccccc32)CC1. The molecule has 0 aliphatic carbocycles. The van der Waals surface area contributed by atoms with E-state index in [2.05, 4.69) is 27.2 Å². The van der Waals surface area contributed by atoms with E-state index in [-0.39, 0.29) is 6.61 Å². The van der Waals surface area contributed by atoms with Crippen LogP contribution < -0.4 is 5.32 Å². The first-order chi connectivity index (χ1) is 13.7. The molecule has 0 amide bonds. The number of hydrogen-bond donors (Lipinski definition) is 3. The van der Waals surface area contributed by atoms with Crippen LogP contribution in [-0.2, 0) is 10.6 Å². The van der Waals surface area contributed by atoms with Crippen LogP contribution in [0.1, 0.15) is 5.56 Å². The number of ether oxygens (including phenoxy) is 1. The Labute approximate surface area is 170 Å². The highest BCUT2D eigenvalue weighted by atomic mass is 32.2. The van der Waals surface area contributed by atoms with Gasteiger partial charge in [0.1, 0.15) is 0 Å². The summed E-state index contributed by atoms with van der Waals surface area (Å²) < 4.78 is 5.38. The van der Waals surface area contributed by atoms with Crippen molar-refractivity contribution >= 4 is 17.4 Å². The molecule has 2 aliphatic rings. The van der Waals surface area contributed by atoms with E-state index in [1.54, 1.807) is 11.8 Å². The molecule has 2 aliphatic heterocycles. The van der Waals surface area contributed by atoms with Gasteiger partial charge in [0, 0.05) is 48.1 Å². The van der Waals surface area contributed by atoms with E-state index in [1.165, 1.54) is 0 Å². The third-order valence-electron chi connectivity index (χ3n) is 5.30. The smallest absolute Gasteiger partial charge is 0.224 e. The van der Waals surface area contributed by atoms with E-state index in [4.69, 9.17) is 9.84 Å². The van der Waals surface area contributed by atoms with Gasteiger partial charge in [0.25, 0.3) is 0 Å². The van der Waals surface area contributed by atoms with Crippen LogP contribution in [0.3, 0.4) is 0 Å². The van der Waals surface area contributed by atoms with Crippen molar-refractivity contribution in [1.29, 1.82) is 0 Å². The van der Waals surface area contributed by atoms with E-state index in [9.17, 15) is 5.11 Å². The number of hydrogen-bond acceptors (Lipinski definition) is 7. The van der Waals surface area contributed by atoms with Crippen molar-refractivity contribution in [1.82, 2.24) is 9.80 Å². The third-order valence-corrected chi connectivity index (χ3v) is 6.45. The monoisotopic (exact) mass is 401 g/mol. The first-order valence-electron chi connectivity index (χ1n) is 9.73. The number of nitrogens with one attached hydrogen (secondary N) is 1. The predicted molar refractivity (Wildman–Crippen MR) is 110 cm³/mol. The Hall–Kier alpha value is -1.61. The lowest BCUT2D eigenvalue weighted by Gasteiger charge is -2.45. The maximum absolute atomic E-state index is 11.8. The van der Waals surface area contributed by atoms with E-state index in [0.29, 0.717) is 13.2 Å². The van der Waals surface area contributed by atoms with E-state index in [0.717, 1.165) is 53.8 Å². The van der Waals surface area contributed by atoms with Gasteiger partial charge < -0.3 is 20.3 Å². The number of anilines is 1. The average Bonchev–Trinajstić information content (AvgIpc) is 2.86. The normalized spacial score (nSPS) is 22.8. The van der Waals surface area contributed by atoms with Gasteiger partial charge in [-0.2, -0.15) is 0 Å². The summed E-state index contributed by atoms with van der Waals surface area (Å²) in [6.45, 7) is 5.15. The summed E-state index contributed by atoms with van der Waals surface area (Å²) in [6.07, 6.45) is 0. The Morgan fingerprint density at radius 1 is 0.964 bits per heavy atom. The lowest BCUT2D eigenvalue weighted by atomic mass is 10.1. The molecule has 150 valence electrons. The maximum Gasteiger partial charge on any atom is 0.224 e. The molecule has 0 unspecified atom stereocenters. The number of piperazine rings is 1. The summed E-state index contributed by atoms with van der Waals surface area (Å²) in [6, 6.07) is 16.2. The summed E-state index contributed by atoms with van der Waals surface area (Å²) in [5, 5.41) is 24.1. The van der Waals surface area contributed by atoms with E-state index in [1.807, 2.05) is 36.4 Å². The second kappa shape index (κ2) is 8.82. The van der Waals surface area contributed by atoms with Crippen molar-refractivity contribution in [2.75, 3.05) is 57.9 Å². The quantitative estimate of drug-likeness (QED) is 0.640. The van der Waals surface area contributed by atoms with Crippen molar-refractivity contribution < 1.29 is 14.9 Å². The molecule has 0 radical (unpaired) electrons. The van der Waals surface area contributed by atoms with Crippen LogP contribution in [0.25, 0.3) is 0 Å². The van der Waals surface area contributed by atoms with E-state index < -0.39 is 5.85 Å². The Kier molecular flexibility index (Phi) is 6.20. The summed E-state index contributed by atoms with van der Waals surface area (Å²) in [7, 11) is 0. The van der Waals surface area contributed by atoms with Crippen LogP contribution in [0, 0.1) is 0 Å². The minimum Gasteiger partial charge on any atom is -0.394 e. The summed E-state index contributed by atoms with van der Waals surface area (Å²) in [4.78, 5) is 6.65. The molecule has 3 N–H and O–H groups in total. The number of nitrogens with zero attached hydrogens (tertiary/aromatic N) is 2. The molecule has 2 aromatic rings. The molecule has 28 heavy (non-hydrogen) atoms. The van der Waals surface area contributed by atoms with Gasteiger partial charge in [-0.25, -0.2) is 0 Å². The molecule has 7 heteroatoms. The number of para-hydroxylation sites is 1. The van der Waals surface area contributed by atoms with Gasteiger partial charge in [-0.15, -0.1) is 0 Å². The second-order valence-corrected chi connectivity index (χ2v) is 8.14. The largest absolute Gasteiger partial charge is 0.394 e. The summed E-state index contributed by atoms with van der Waals surface area (Å²) in [5.74, 6) is -1.24. The van der Waals surface area contributed by atoms with Crippen LogP contribution >= 0.6 is 11.8 Å². The van der Waals surface area contributed by atoms with Crippen molar-refractivity contribution in [3.05, 3.63) is 54.1 Å². The molecule has 4 rings (SSSR count). The minimum atomic E-state index is -1.24. The molecule has 0 saturated carbocycles. The predicted octanol–water partition coefficient (Wildman–Crippen LogP) is 1.99. The minimum absolute atomic E-state index is 0.0609. The van der Waals surface area contributed by atoms with Crippen molar-refractivity contribution in [3.63, 3.8) is 0 Å². The molecule has 0 spiro atoms. The number of aliphatic hydroxyl groups excluding tert-OH is 1. The Morgan fingerprint density at radius 2 is 1.68 bits per heavy atom. The van der Waals surface area contributed by atoms with Crippen LogP contribution in [0.5, 0.6) is 0 Å². The summed E-state index contributed by atoms with van der Waals surface area (Å²) in [5.41, 5.74) is 1.85. The molecule has 1 saturated heterocycles. The maximum atomic E-state index is 11.8. The molecule has 0 aromatic heterocycles. The Bertz CT molecular complexity index is 798. The zero-order valence-electron chi connectivity index (χ0n) is 15.9. The van der Waals surface area contributed by atoms with Gasteiger partial charge in [-0.3, -0.25) is 9.80 Å². The first-order valence-corrected chi connectivity index (χ1v) is 10.6. The number of fused-ring (bicyclic) bond motifs is 2. The molecular formula is C21H27N3O3S. The molecule has 1 atom stereocenters. The number of aliphatic hydroxyl groups is 2. The van der Waals surface area contributed by atoms with Crippen LogP contribution in [0.15, 0.2) is 58.3 Å². The topological polar surface area (TPSA) is 68.2 Å². The van der Waals surface area contributed by atoms with Gasteiger partial charge in [-0.1, -0.05) is 42.1 Å². The van der Waals surface area contributed by atoms with Crippen LogP contribution in [-0.4, -0.2) is 72.6 Å². The summed E-state index contributed by atoms with van der Waals surface area (Å²) >= 11 is 1.69. The van der Waals surface area contributed by atoms with Crippen molar-refractivity contribution in [3.8, 4) is 0 Å². The highest BCUT2D eigenvalue weighted by Crippen LogP contribution is 2.44. The van der Waals surface area contributed by atoms with Gasteiger partial charge in [0.15, 0.2) is 0 Å². The second-order valence-electron chi connectivity index (χ2n) is 7.06. The van der Waals surface area contributed by atoms with Crippen molar-refractivity contribution in [2.24, 2.45) is 0 Å². The van der Waals surface area contributed by atoms with Crippen LogP contribution in [0.4, 0.5) is 5.69 Å². The molecule has 2 heterocycles. The zero-order valence-corrected chi connectivity index (χ0v) is 16.7. The third kappa shape index (κ3) is 4.05. The van der Waals surface area contributed by atoms with Gasteiger partial charge in [0.05, 0.1) is 25.5 Å². The fourth-order valence-corrected chi connectivity index (χ4v) is 4.86. The van der Waals surface area contributed by atoms with Gasteiger partial charge >= 0.3 is 0 Å². The van der Waals surface area contributed by atoms with Crippen molar-refractivity contribution in [2.45, 2.75) is 15.6 Å². The highest BCUT2D eigenvalue weighted by Gasteiger charge is 2.41. The van der Waals surface area contributed by atoms with Gasteiger partial charge in [-0.05, 0) is 18.2 Å². The number of benzene rings is 2. The fourth-order valence-electron chi connectivity index (χ4n) is 3.78. The number of rotatable bonds is 6. The van der Waals surface area contributed by atoms with E-state index >= 15 is 0 Å². The lowest BCUT2D eigenvalue weighted by molar-refractivity contribution is -0.112.